The quantitative estimate of drug-likeness (QED) is 0.335. The molecule has 3 heterocycles. The maximum absolute atomic E-state index is 14.4. The van der Waals surface area contributed by atoms with Crippen LogP contribution >= 0.6 is 11.3 Å². The fraction of sp³-hybridized carbons (Fsp3) is 0.346. The number of benzene rings is 1. The summed E-state index contributed by atoms with van der Waals surface area (Å²) in [6.45, 7) is 3.33. The Bertz CT molecular complexity index is 1330. The van der Waals surface area contributed by atoms with Crippen LogP contribution in [0.3, 0.4) is 0 Å². The monoisotopic (exact) mass is 531 g/mol. The number of aliphatic imine (C=N–C) groups is 1. The first-order valence-electron chi connectivity index (χ1n) is 11.7. The van der Waals surface area contributed by atoms with Crippen molar-refractivity contribution in [3.05, 3.63) is 74.4 Å². The first-order valence-corrected chi connectivity index (χ1v) is 12.5. The third kappa shape index (κ3) is 5.60. The van der Waals surface area contributed by atoms with Gasteiger partial charge >= 0.3 is 6.18 Å². The number of rotatable bonds is 5. The molecule has 2 aliphatic rings. The summed E-state index contributed by atoms with van der Waals surface area (Å²) in [7, 11) is 0. The lowest BCUT2D eigenvalue weighted by molar-refractivity contribution is -0.126. The van der Waals surface area contributed by atoms with E-state index in [0.29, 0.717) is 43.8 Å². The zero-order chi connectivity index (χ0) is 26.8. The number of carbonyl (C=O) groups excluding carboxylic acids is 1. The number of alkyl halides is 3. The summed E-state index contributed by atoms with van der Waals surface area (Å²) in [5, 5.41) is 12.4. The molecule has 1 aromatic heterocycles. The Balaban J connectivity index is 1.59. The molecule has 1 aromatic carbocycles. The van der Waals surface area contributed by atoms with Crippen LogP contribution < -0.4 is 11.1 Å². The Kier molecular flexibility index (Phi) is 7.52. The molecule has 0 radical (unpaired) electrons. The number of amides is 1. The van der Waals surface area contributed by atoms with Crippen LogP contribution in [0, 0.1) is 24.1 Å². The van der Waals surface area contributed by atoms with Gasteiger partial charge in [0.25, 0.3) is 0 Å². The predicted octanol–water partition coefficient (Wildman–Crippen LogP) is 4.59. The highest BCUT2D eigenvalue weighted by molar-refractivity contribution is 7.12. The van der Waals surface area contributed by atoms with Crippen molar-refractivity contribution in [2.45, 2.75) is 44.6 Å². The van der Waals surface area contributed by atoms with Crippen LogP contribution in [0.5, 0.6) is 0 Å². The summed E-state index contributed by atoms with van der Waals surface area (Å²) in [6.07, 6.45) is 0.715. The van der Waals surface area contributed by atoms with E-state index in [4.69, 9.17) is 5.73 Å². The number of hydrogen-bond donors (Lipinski definition) is 2. The van der Waals surface area contributed by atoms with Gasteiger partial charge in [0.15, 0.2) is 0 Å². The number of halogens is 4. The molecule has 6 nitrogen and oxygen atoms in total. The van der Waals surface area contributed by atoms with E-state index in [2.05, 4.69) is 16.4 Å². The normalized spacial score (nSPS) is 20.8. The van der Waals surface area contributed by atoms with Gasteiger partial charge in [0, 0.05) is 34.8 Å². The number of carbonyl (C=O) groups is 1. The Morgan fingerprint density at radius 2 is 2.11 bits per heavy atom. The molecule has 1 amide bonds. The molecular formula is C26H25F4N5OS. The molecule has 0 aliphatic carbocycles. The minimum atomic E-state index is -4.88. The van der Waals surface area contributed by atoms with Gasteiger partial charge in [-0.1, -0.05) is 18.2 Å². The van der Waals surface area contributed by atoms with Crippen LogP contribution in [-0.4, -0.2) is 42.0 Å². The van der Waals surface area contributed by atoms with E-state index in [1.807, 2.05) is 6.92 Å². The fourth-order valence-electron chi connectivity index (χ4n) is 4.51. The number of hydrogen-bond acceptors (Lipinski definition) is 6. The standard InChI is InChI=1S/C26H25F4N5OS/c1-16-17-8-12-35(15-22(17)37-21(16)13-31)23(36)7-10-25(9-4-11-33-25)34-14-19(24(32)26(28,29)30)18-5-2-3-6-20(18)27/h2-3,5-7,10,14,33H,4,8-9,11-12,15,32H2,1H3/b10-7+,24-19+,34-14+. The topological polar surface area (TPSA) is 94.5 Å². The van der Waals surface area contributed by atoms with Crippen molar-refractivity contribution in [1.29, 1.82) is 5.26 Å². The van der Waals surface area contributed by atoms with Gasteiger partial charge in [-0.3, -0.25) is 15.1 Å². The number of thiophene rings is 1. The summed E-state index contributed by atoms with van der Waals surface area (Å²) < 4.78 is 54.8. The lowest BCUT2D eigenvalue weighted by atomic mass is 10.0. The van der Waals surface area contributed by atoms with Gasteiger partial charge in [-0.25, -0.2) is 4.39 Å². The van der Waals surface area contributed by atoms with Crippen molar-refractivity contribution in [3.63, 3.8) is 0 Å². The van der Waals surface area contributed by atoms with Crippen LogP contribution in [0.4, 0.5) is 17.6 Å². The molecule has 2 aliphatic heterocycles. The zero-order valence-corrected chi connectivity index (χ0v) is 20.8. The molecule has 3 N–H and O–H groups in total. The Morgan fingerprint density at radius 1 is 1.35 bits per heavy atom. The zero-order valence-electron chi connectivity index (χ0n) is 20.0. The number of allylic oxidation sites excluding steroid dienone is 2. The first kappa shape index (κ1) is 26.6. The van der Waals surface area contributed by atoms with E-state index >= 15 is 0 Å². The van der Waals surface area contributed by atoms with Crippen molar-refractivity contribution in [3.8, 4) is 6.07 Å². The van der Waals surface area contributed by atoms with Gasteiger partial charge in [-0.05, 0) is 56.0 Å². The van der Waals surface area contributed by atoms with E-state index in [9.17, 15) is 27.6 Å². The lowest BCUT2D eigenvalue weighted by Crippen LogP contribution is -2.38. The Labute approximate surface area is 215 Å². The van der Waals surface area contributed by atoms with Crippen LogP contribution in [-0.2, 0) is 17.8 Å². The number of nitrogens with one attached hydrogen (secondary N) is 1. The lowest BCUT2D eigenvalue weighted by Gasteiger charge is -2.27. The van der Waals surface area contributed by atoms with Gasteiger partial charge in [-0.15, -0.1) is 11.3 Å². The molecule has 0 saturated carbocycles. The first-order chi connectivity index (χ1) is 17.5. The minimum absolute atomic E-state index is 0.266. The van der Waals surface area contributed by atoms with Crippen molar-refractivity contribution in [2.75, 3.05) is 13.1 Å². The molecule has 1 unspecified atom stereocenters. The minimum Gasteiger partial charge on any atom is -0.394 e. The molecule has 1 atom stereocenters. The van der Waals surface area contributed by atoms with Crippen molar-refractivity contribution in [1.82, 2.24) is 10.2 Å². The Hall–Kier alpha value is -3.49. The second-order valence-electron chi connectivity index (χ2n) is 8.93. The molecule has 2 aromatic rings. The number of nitrogens with zero attached hydrogens (tertiary/aromatic N) is 3. The van der Waals surface area contributed by atoms with Gasteiger partial charge in [0.05, 0.1) is 6.54 Å². The number of nitrogens with two attached hydrogens (primary N) is 1. The number of fused-ring (bicyclic) bond motifs is 1. The van der Waals surface area contributed by atoms with E-state index in [1.165, 1.54) is 41.7 Å². The van der Waals surface area contributed by atoms with E-state index in [0.717, 1.165) is 28.3 Å². The molecule has 0 spiro atoms. The van der Waals surface area contributed by atoms with Gasteiger partial charge < -0.3 is 10.6 Å². The van der Waals surface area contributed by atoms with E-state index < -0.39 is 28.9 Å². The average molecular weight is 532 g/mol. The number of nitriles is 1. The molecule has 0 bridgehead atoms. The molecular weight excluding hydrogens is 506 g/mol. The average Bonchev–Trinajstić information content (AvgIpc) is 3.47. The summed E-state index contributed by atoms with van der Waals surface area (Å²) in [5.41, 5.74) is 3.97. The maximum Gasteiger partial charge on any atom is 0.431 e. The smallest absolute Gasteiger partial charge is 0.394 e. The van der Waals surface area contributed by atoms with Gasteiger partial charge in [-0.2, -0.15) is 18.4 Å². The second-order valence-corrected chi connectivity index (χ2v) is 10.0. The molecule has 1 fully saturated rings. The molecule has 11 heteroatoms. The van der Waals surface area contributed by atoms with Gasteiger partial charge in [0.2, 0.25) is 5.91 Å². The SMILES string of the molecule is Cc1c(C#N)sc2c1CCN(C(=O)/C=C/C1(/N=C/C(=C(\N)C(F)(F)F)c3ccccc3F)CCCN1)C2. The molecule has 1 saturated heterocycles. The molecule has 194 valence electrons. The highest BCUT2D eigenvalue weighted by Gasteiger charge is 2.36. The highest BCUT2D eigenvalue weighted by Crippen LogP contribution is 2.33. The summed E-state index contributed by atoms with van der Waals surface area (Å²) >= 11 is 1.39. The van der Waals surface area contributed by atoms with Crippen LogP contribution in [0.2, 0.25) is 0 Å². The largest absolute Gasteiger partial charge is 0.431 e. The second kappa shape index (κ2) is 10.5. The summed E-state index contributed by atoms with van der Waals surface area (Å²) in [4.78, 5) is 20.6. The third-order valence-electron chi connectivity index (χ3n) is 6.59. The summed E-state index contributed by atoms with van der Waals surface area (Å²) in [5.74, 6) is -1.12. The maximum atomic E-state index is 14.4. The Morgan fingerprint density at radius 3 is 2.76 bits per heavy atom. The van der Waals surface area contributed by atoms with Gasteiger partial charge in [0.1, 0.15) is 28.1 Å². The summed E-state index contributed by atoms with van der Waals surface area (Å²) in [6, 6.07) is 7.23. The van der Waals surface area contributed by atoms with Crippen LogP contribution in [0.15, 0.2) is 47.1 Å². The molecule has 4 rings (SSSR count). The van der Waals surface area contributed by atoms with E-state index in [1.54, 1.807) is 4.90 Å². The third-order valence-corrected chi connectivity index (χ3v) is 7.81. The van der Waals surface area contributed by atoms with Crippen molar-refractivity contribution in [2.24, 2.45) is 10.7 Å². The van der Waals surface area contributed by atoms with Crippen molar-refractivity contribution >= 4 is 29.0 Å². The van der Waals surface area contributed by atoms with Crippen LogP contribution in [0.25, 0.3) is 5.57 Å². The molecule has 37 heavy (non-hydrogen) atoms. The van der Waals surface area contributed by atoms with E-state index in [-0.39, 0.29) is 11.5 Å². The van der Waals surface area contributed by atoms with Crippen molar-refractivity contribution < 1.29 is 22.4 Å². The highest BCUT2D eigenvalue weighted by atomic mass is 32.1. The predicted molar refractivity (Wildman–Crippen MR) is 134 cm³/mol. The van der Waals surface area contributed by atoms with Crippen LogP contribution in [0.1, 0.15) is 39.3 Å². The fourth-order valence-corrected chi connectivity index (χ4v) is 5.68.